The number of amides is 1. The van der Waals surface area contributed by atoms with Crippen molar-refractivity contribution in [3.8, 4) is 0 Å². The van der Waals surface area contributed by atoms with Crippen molar-refractivity contribution in [1.29, 1.82) is 0 Å². The number of ether oxygens (including phenoxy) is 1. The highest BCUT2D eigenvalue weighted by atomic mass is 32.2. The van der Waals surface area contributed by atoms with E-state index in [1.165, 1.54) is 0 Å². The van der Waals surface area contributed by atoms with E-state index in [1.807, 2.05) is 0 Å². The predicted octanol–water partition coefficient (Wildman–Crippen LogP) is -1.73. The normalized spacial score (nSPS) is 11.3. The molecule has 0 atom stereocenters. The molecule has 0 radical (unpaired) electrons. The van der Waals surface area contributed by atoms with E-state index in [-0.39, 0.29) is 38.4 Å². The Labute approximate surface area is 99.2 Å². The van der Waals surface area contributed by atoms with Crippen LogP contribution in [0.1, 0.15) is 12.8 Å². The number of nitrogens with two attached hydrogens (primary N) is 1. The summed E-state index contributed by atoms with van der Waals surface area (Å²) >= 11 is 0. The van der Waals surface area contributed by atoms with Crippen LogP contribution in [0, 0.1) is 0 Å². The van der Waals surface area contributed by atoms with Gasteiger partial charge in [-0.1, -0.05) is 0 Å². The van der Waals surface area contributed by atoms with Crippen molar-refractivity contribution in [2.24, 2.45) is 5.73 Å². The third-order valence-electron chi connectivity index (χ3n) is 1.62. The van der Waals surface area contributed by atoms with Crippen LogP contribution in [-0.4, -0.2) is 50.9 Å². The largest absolute Gasteiger partial charge is 0.481 e. The lowest BCUT2D eigenvalue weighted by molar-refractivity contribution is -0.137. The van der Waals surface area contributed by atoms with E-state index in [1.54, 1.807) is 0 Å². The van der Waals surface area contributed by atoms with Crippen LogP contribution in [0.2, 0.25) is 0 Å². The quantitative estimate of drug-likeness (QED) is 0.403. The summed E-state index contributed by atoms with van der Waals surface area (Å²) < 4.78 is 29.5. The number of sulfonamides is 1. The maximum atomic E-state index is 11.3. The highest BCUT2D eigenvalue weighted by molar-refractivity contribution is 7.89. The third kappa shape index (κ3) is 11.1. The van der Waals surface area contributed by atoms with Gasteiger partial charge in [0.05, 0.1) is 12.4 Å². The molecule has 0 aliphatic heterocycles. The summed E-state index contributed by atoms with van der Waals surface area (Å²) in [6, 6.07) is 0. The average molecular weight is 268 g/mol. The van der Waals surface area contributed by atoms with Crippen molar-refractivity contribution in [2.45, 2.75) is 12.8 Å². The summed E-state index contributed by atoms with van der Waals surface area (Å²) in [5.41, 5.74) is 4.80. The first kappa shape index (κ1) is 15.8. The highest BCUT2D eigenvalue weighted by Crippen LogP contribution is 1.94. The Morgan fingerprint density at radius 3 is 2.53 bits per heavy atom. The lowest BCUT2D eigenvalue weighted by Crippen LogP contribution is -2.30. The Bertz CT molecular complexity index is 353. The van der Waals surface area contributed by atoms with Crippen molar-refractivity contribution < 1.29 is 27.9 Å². The topological polar surface area (TPSA) is 136 Å². The zero-order valence-electron chi connectivity index (χ0n) is 9.22. The molecule has 0 saturated heterocycles. The molecule has 100 valence electrons. The molecular weight excluding hydrogens is 252 g/mol. The zero-order chi connectivity index (χ0) is 13.3. The lowest BCUT2D eigenvalue weighted by atomic mass is 10.3. The van der Waals surface area contributed by atoms with Crippen molar-refractivity contribution in [2.75, 3.05) is 25.5 Å². The van der Waals surface area contributed by atoms with E-state index in [4.69, 9.17) is 15.6 Å². The van der Waals surface area contributed by atoms with Gasteiger partial charge < -0.3 is 15.6 Å². The van der Waals surface area contributed by atoms with Crippen LogP contribution in [0.25, 0.3) is 0 Å². The van der Waals surface area contributed by atoms with Crippen molar-refractivity contribution >= 4 is 21.9 Å². The number of rotatable bonds is 10. The molecule has 9 heteroatoms. The molecule has 0 aliphatic rings. The maximum absolute atomic E-state index is 11.3. The molecule has 0 aromatic heterocycles. The van der Waals surface area contributed by atoms with Crippen LogP contribution in [0.4, 0.5) is 0 Å². The molecule has 0 saturated carbocycles. The van der Waals surface area contributed by atoms with E-state index < -0.39 is 21.9 Å². The fourth-order valence-corrected chi connectivity index (χ4v) is 1.99. The van der Waals surface area contributed by atoms with Crippen LogP contribution in [0.15, 0.2) is 0 Å². The molecule has 4 N–H and O–H groups in total. The molecule has 17 heavy (non-hydrogen) atoms. The van der Waals surface area contributed by atoms with Crippen LogP contribution in [0.5, 0.6) is 0 Å². The van der Waals surface area contributed by atoms with Gasteiger partial charge in [-0.2, -0.15) is 0 Å². The van der Waals surface area contributed by atoms with Gasteiger partial charge in [-0.05, 0) is 6.42 Å². The van der Waals surface area contributed by atoms with Crippen LogP contribution >= 0.6 is 0 Å². The highest BCUT2D eigenvalue weighted by Gasteiger charge is 2.10. The Kier molecular flexibility index (Phi) is 7.42. The second-order valence-electron chi connectivity index (χ2n) is 3.23. The number of hydrogen-bond acceptors (Lipinski definition) is 5. The fraction of sp³-hybridized carbons (Fsp3) is 0.750. The van der Waals surface area contributed by atoms with Crippen LogP contribution in [-0.2, 0) is 24.3 Å². The number of primary amides is 1. The molecule has 0 spiro atoms. The molecule has 8 nitrogen and oxygen atoms in total. The summed E-state index contributed by atoms with van der Waals surface area (Å²) in [5, 5.41) is 8.33. The van der Waals surface area contributed by atoms with Crippen LogP contribution < -0.4 is 10.5 Å². The zero-order valence-corrected chi connectivity index (χ0v) is 10.0. The molecule has 0 aliphatic carbocycles. The van der Waals surface area contributed by atoms with Crippen molar-refractivity contribution in [1.82, 2.24) is 4.72 Å². The smallest absolute Gasteiger partial charge is 0.303 e. The van der Waals surface area contributed by atoms with Gasteiger partial charge >= 0.3 is 5.97 Å². The molecule has 0 bridgehead atoms. The minimum absolute atomic E-state index is 0.0166. The first-order valence-corrected chi connectivity index (χ1v) is 6.54. The van der Waals surface area contributed by atoms with Gasteiger partial charge in [0.25, 0.3) is 0 Å². The first-order valence-electron chi connectivity index (χ1n) is 4.88. The minimum atomic E-state index is -3.49. The second-order valence-corrected chi connectivity index (χ2v) is 5.16. The summed E-state index contributed by atoms with van der Waals surface area (Å²) in [6.45, 7) is -0.218. The molecule has 0 heterocycles. The summed E-state index contributed by atoms with van der Waals surface area (Å²) in [5.74, 6) is -1.92. The Hall–Kier alpha value is -1.19. The van der Waals surface area contributed by atoms with E-state index in [9.17, 15) is 18.0 Å². The summed E-state index contributed by atoms with van der Waals surface area (Å²) in [4.78, 5) is 20.4. The standard InChI is InChI=1S/C8H16N2O6S/c9-7(11)6-16-4-3-10-17(14,15)5-1-2-8(12)13/h10H,1-6H2,(H2,9,11)(H,12,13). The van der Waals surface area contributed by atoms with Gasteiger partial charge in [-0.3, -0.25) is 9.59 Å². The molecule has 0 unspecified atom stereocenters. The Balaban J connectivity index is 3.64. The van der Waals surface area contributed by atoms with Gasteiger partial charge in [0.2, 0.25) is 15.9 Å². The van der Waals surface area contributed by atoms with Crippen molar-refractivity contribution in [3.05, 3.63) is 0 Å². The van der Waals surface area contributed by atoms with Gasteiger partial charge in [-0.15, -0.1) is 0 Å². The average Bonchev–Trinajstić information content (AvgIpc) is 2.15. The van der Waals surface area contributed by atoms with E-state index >= 15 is 0 Å². The Morgan fingerprint density at radius 1 is 1.35 bits per heavy atom. The van der Waals surface area contributed by atoms with E-state index in [0.29, 0.717) is 0 Å². The number of carbonyl (C=O) groups excluding carboxylic acids is 1. The third-order valence-corrected chi connectivity index (χ3v) is 3.09. The van der Waals surface area contributed by atoms with Gasteiger partial charge in [0.15, 0.2) is 0 Å². The first-order chi connectivity index (χ1) is 7.83. The molecule has 1 amide bonds. The van der Waals surface area contributed by atoms with Gasteiger partial charge in [-0.25, -0.2) is 13.1 Å². The maximum Gasteiger partial charge on any atom is 0.303 e. The predicted molar refractivity (Wildman–Crippen MR) is 58.7 cm³/mol. The summed E-state index contributed by atoms with van der Waals surface area (Å²) in [7, 11) is -3.49. The monoisotopic (exact) mass is 268 g/mol. The number of hydrogen-bond donors (Lipinski definition) is 3. The molecule has 0 aromatic rings. The summed E-state index contributed by atoms with van der Waals surface area (Å²) in [6.07, 6.45) is -0.147. The number of aliphatic carboxylic acids is 1. The number of carbonyl (C=O) groups is 2. The minimum Gasteiger partial charge on any atom is -0.481 e. The Morgan fingerprint density at radius 2 is 2.00 bits per heavy atom. The molecular formula is C8H16N2O6S. The van der Waals surface area contributed by atoms with E-state index in [2.05, 4.69) is 4.72 Å². The molecule has 0 aromatic carbocycles. The number of carboxylic acids is 1. The van der Waals surface area contributed by atoms with E-state index in [0.717, 1.165) is 0 Å². The second kappa shape index (κ2) is 7.98. The van der Waals surface area contributed by atoms with Crippen LogP contribution in [0.3, 0.4) is 0 Å². The fourth-order valence-electron chi connectivity index (χ4n) is 0.928. The van der Waals surface area contributed by atoms with Gasteiger partial charge in [0, 0.05) is 13.0 Å². The lowest BCUT2D eigenvalue weighted by Gasteiger charge is -2.05. The SMILES string of the molecule is NC(=O)COCCNS(=O)(=O)CCCC(=O)O. The number of carboxylic acid groups (broad SMARTS) is 1. The number of nitrogens with one attached hydrogen (secondary N) is 1. The molecule has 0 fully saturated rings. The van der Waals surface area contributed by atoms with Gasteiger partial charge in [0.1, 0.15) is 6.61 Å². The molecule has 0 rings (SSSR count). The van der Waals surface area contributed by atoms with Crippen molar-refractivity contribution in [3.63, 3.8) is 0 Å².